The molecule has 0 aliphatic carbocycles. The van der Waals surface area contributed by atoms with Gasteiger partial charge in [0, 0.05) is 25.4 Å². The molecule has 2 aromatic rings. The van der Waals surface area contributed by atoms with Crippen LogP contribution in [-0.2, 0) is 25.0 Å². The van der Waals surface area contributed by atoms with Crippen molar-refractivity contribution in [3.63, 3.8) is 0 Å². The van der Waals surface area contributed by atoms with E-state index in [1.165, 1.54) is 19.2 Å². The quantitative estimate of drug-likeness (QED) is 0.922. The molecule has 0 amide bonds. The molecular weight excluding hydrogens is 297 g/mol. The summed E-state index contributed by atoms with van der Waals surface area (Å²) >= 11 is 0. The lowest BCUT2D eigenvalue weighted by molar-refractivity contribution is 0.183. The molecule has 0 atom stereocenters. The van der Waals surface area contributed by atoms with Crippen LogP contribution in [0.15, 0.2) is 29.1 Å². The first kappa shape index (κ1) is 17.4. The number of ether oxygens (including phenoxy) is 1. The van der Waals surface area contributed by atoms with E-state index in [1.54, 1.807) is 23.7 Å². The van der Waals surface area contributed by atoms with Gasteiger partial charge in [0.2, 0.25) is 0 Å². The van der Waals surface area contributed by atoms with Gasteiger partial charge in [0.1, 0.15) is 5.82 Å². The van der Waals surface area contributed by atoms with E-state index in [2.05, 4.69) is 0 Å². The van der Waals surface area contributed by atoms with Crippen molar-refractivity contribution in [1.29, 1.82) is 0 Å². The van der Waals surface area contributed by atoms with Gasteiger partial charge in [-0.2, -0.15) is 0 Å². The molecule has 0 unspecified atom stereocenters. The fourth-order valence-corrected chi connectivity index (χ4v) is 3.07. The zero-order valence-electron chi connectivity index (χ0n) is 13.9. The highest BCUT2D eigenvalue weighted by Crippen LogP contribution is 2.32. The van der Waals surface area contributed by atoms with Crippen molar-refractivity contribution in [3.05, 3.63) is 57.3 Å². The zero-order chi connectivity index (χ0) is 17.1. The number of nitrogens with zero attached hydrogens (tertiary/aromatic N) is 1. The number of aliphatic hydroxyl groups excluding tert-OH is 1. The van der Waals surface area contributed by atoms with E-state index in [-0.39, 0.29) is 30.5 Å². The van der Waals surface area contributed by atoms with Gasteiger partial charge in [-0.25, -0.2) is 4.39 Å². The average molecular weight is 319 g/mol. The summed E-state index contributed by atoms with van der Waals surface area (Å²) in [5.74, 6) is -0.286. The van der Waals surface area contributed by atoms with Crippen LogP contribution in [0.1, 0.15) is 36.6 Å². The smallest absolute Gasteiger partial charge is 0.256 e. The van der Waals surface area contributed by atoms with E-state index >= 15 is 0 Å². The van der Waals surface area contributed by atoms with Gasteiger partial charge in [0.05, 0.1) is 18.8 Å². The van der Waals surface area contributed by atoms with Crippen LogP contribution >= 0.6 is 0 Å². The summed E-state index contributed by atoms with van der Waals surface area (Å²) in [5, 5.41) is 9.94. The molecule has 0 spiro atoms. The third-order valence-corrected chi connectivity index (χ3v) is 3.96. The highest BCUT2D eigenvalue weighted by Gasteiger charge is 2.22. The van der Waals surface area contributed by atoms with Crippen molar-refractivity contribution in [2.75, 3.05) is 7.11 Å². The third-order valence-electron chi connectivity index (χ3n) is 3.96. The summed E-state index contributed by atoms with van der Waals surface area (Å²) in [7, 11) is 3.22. The zero-order valence-corrected chi connectivity index (χ0v) is 13.9. The van der Waals surface area contributed by atoms with Crippen molar-refractivity contribution in [3.8, 4) is 11.1 Å². The maximum atomic E-state index is 13.2. The van der Waals surface area contributed by atoms with E-state index in [0.717, 1.165) is 5.69 Å². The molecule has 0 fully saturated rings. The Morgan fingerprint density at radius 1 is 1.22 bits per heavy atom. The van der Waals surface area contributed by atoms with Gasteiger partial charge in [0.25, 0.3) is 5.56 Å². The largest absolute Gasteiger partial charge is 0.392 e. The Morgan fingerprint density at radius 3 is 2.30 bits per heavy atom. The predicted molar refractivity (Wildman–Crippen MR) is 87.8 cm³/mol. The minimum atomic E-state index is -0.347. The lowest BCUT2D eigenvalue weighted by Gasteiger charge is -2.22. The molecule has 1 N–H and O–H groups in total. The second-order valence-corrected chi connectivity index (χ2v) is 5.83. The Morgan fingerprint density at radius 2 is 1.83 bits per heavy atom. The Balaban J connectivity index is 2.90. The SMILES string of the molecule is COCc1c(-c2ccc(F)cc2)c(CO)c(C(C)C)n(C)c1=O. The summed E-state index contributed by atoms with van der Waals surface area (Å²) < 4.78 is 20.0. The Kier molecular flexibility index (Phi) is 5.34. The number of halogens is 1. The Hall–Kier alpha value is -1.98. The van der Waals surface area contributed by atoms with Crippen LogP contribution in [0.2, 0.25) is 0 Å². The number of benzene rings is 1. The van der Waals surface area contributed by atoms with Crippen LogP contribution in [0.3, 0.4) is 0 Å². The normalized spacial score (nSPS) is 11.3. The van der Waals surface area contributed by atoms with Gasteiger partial charge in [-0.15, -0.1) is 0 Å². The summed E-state index contributed by atoms with van der Waals surface area (Å²) in [6.45, 7) is 3.87. The van der Waals surface area contributed by atoms with Gasteiger partial charge in [-0.05, 0) is 29.2 Å². The minimum Gasteiger partial charge on any atom is -0.392 e. The van der Waals surface area contributed by atoms with Gasteiger partial charge < -0.3 is 14.4 Å². The van der Waals surface area contributed by atoms with E-state index in [4.69, 9.17) is 4.74 Å². The van der Waals surface area contributed by atoms with Crippen LogP contribution in [-0.4, -0.2) is 16.8 Å². The maximum absolute atomic E-state index is 13.2. The number of rotatable bonds is 5. The van der Waals surface area contributed by atoms with Crippen LogP contribution in [0.25, 0.3) is 11.1 Å². The van der Waals surface area contributed by atoms with E-state index < -0.39 is 0 Å². The molecule has 0 saturated carbocycles. The topological polar surface area (TPSA) is 51.5 Å². The number of hydrogen-bond donors (Lipinski definition) is 1. The lowest BCUT2D eigenvalue weighted by Crippen LogP contribution is -2.28. The van der Waals surface area contributed by atoms with Crippen molar-refractivity contribution in [1.82, 2.24) is 4.57 Å². The number of methoxy groups -OCH3 is 1. The molecule has 1 aromatic carbocycles. The first-order valence-corrected chi connectivity index (χ1v) is 7.52. The molecule has 1 heterocycles. The molecule has 4 nitrogen and oxygen atoms in total. The highest BCUT2D eigenvalue weighted by atomic mass is 19.1. The predicted octanol–water partition coefficient (Wildman–Crippen LogP) is 2.95. The molecule has 23 heavy (non-hydrogen) atoms. The fraction of sp³-hybridized carbons (Fsp3) is 0.389. The Labute approximate surface area is 135 Å². The number of aliphatic hydroxyl groups is 1. The van der Waals surface area contributed by atoms with Crippen molar-refractivity contribution in [2.45, 2.75) is 33.0 Å². The van der Waals surface area contributed by atoms with Crippen molar-refractivity contribution < 1.29 is 14.2 Å². The number of hydrogen-bond acceptors (Lipinski definition) is 3. The molecule has 2 rings (SSSR count). The van der Waals surface area contributed by atoms with Crippen LogP contribution < -0.4 is 5.56 Å². The molecule has 0 radical (unpaired) electrons. The third kappa shape index (κ3) is 3.21. The van der Waals surface area contributed by atoms with E-state index in [1.807, 2.05) is 13.8 Å². The van der Waals surface area contributed by atoms with Crippen LogP contribution in [0, 0.1) is 5.82 Å². The summed E-state index contributed by atoms with van der Waals surface area (Å²) in [4.78, 5) is 12.7. The Bertz CT molecular complexity index is 748. The highest BCUT2D eigenvalue weighted by molar-refractivity contribution is 5.71. The van der Waals surface area contributed by atoms with Crippen molar-refractivity contribution in [2.24, 2.45) is 7.05 Å². The number of aromatic nitrogens is 1. The van der Waals surface area contributed by atoms with Crippen molar-refractivity contribution >= 4 is 0 Å². The first-order valence-electron chi connectivity index (χ1n) is 7.52. The van der Waals surface area contributed by atoms with Crippen LogP contribution in [0.5, 0.6) is 0 Å². The monoisotopic (exact) mass is 319 g/mol. The van der Waals surface area contributed by atoms with Gasteiger partial charge in [0.15, 0.2) is 0 Å². The second-order valence-electron chi connectivity index (χ2n) is 5.83. The van der Waals surface area contributed by atoms with E-state index in [9.17, 15) is 14.3 Å². The van der Waals surface area contributed by atoms with E-state index in [0.29, 0.717) is 22.3 Å². The molecule has 0 aliphatic heterocycles. The van der Waals surface area contributed by atoms with Gasteiger partial charge in [-0.3, -0.25) is 4.79 Å². The molecule has 124 valence electrons. The summed E-state index contributed by atoms with van der Waals surface area (Å²) in [6.07, 6.45) is 0. The van der Waals surface area contributed by atoms with Crippen LogP contribution in [0.4, 0.5) is 4.39 Å². The lowest BCUT2D eigenvalue weighted by atomic mass is 9.91. The van der Waals surface area contributed by atoms with Gasteiger partial charge >= 0.3 is 0 Å². The summed E-state index contributed by atoms with van der Waals surface area (Å²) in [6, 6.07) is 5.93. The van der Waals surface area contributed by atoms with Gasteiger partial charge in [-0.1, -0.05) is 26.0 Å². The molecule has 1 aromatic heterocycles. The molecule has 0 saturated heterocycles. The number of pyridine rings is 1. The summed E-state index contributed by atoms with van der Waals surface area (Å²) in [5.41, 5.74) is 3.10. The second kappa shape index (κ2) is 7.06. The maximum Gasteiger partial charge on any atom is 0.256 e. The first-order chi connectivity index (χ1) is 10.9. The molecule has 0 bridgehead atoms. The molecule has 5 heteroatoms. The fourth-order valence-electron chi connectivity index (χ4n) is 3.07. The average Bonchev–Trinajstić information content (AvgIpc) is 2.52. The molecular formula is C18H22FNO3. The molecule has 0 aliphatic rings. The standard InChI is InChI=1S/C18H22FNO3/c1-11(2)17-14(9-21)16(12-5-7-13(19)8-6-12)15(10-23-4)18(22)20(17)3/h5-8,11,21H,9-10H2,1-4H3. The minimum absolute atomic E-state index is 0.0608.